The number of nitrogens with one attached hydrogen (secondary N) is 1. The number of amides is 1. The van der Waals surface area contributed by atoms with Gasteiger partial charge in [-0.3, -0.25) is 18.9 Å². The number of nitrogens with zero attached hydrogens (tertiary/aromatic N) is 8. The molecule has 14 rings (SSSR count). The zero-order valence-electron chi connectivity index (χ0n) is 76.2. The molecule has 0 bridgehead atoms. The van der Waals surface area contributed by atoms with Crippen LogP contribution in [0, 0.1) is 31.3 Å². The van der Waals surface area contributed by atoms with Gasteiger partial charge in [-0.25, -0.2) is 73.1 Å². The number of anilines is 1. The number of esters is 1. The smallest absolute Gasteiger partial charge is 1.00 e. The third kappa shape index (κ3) is 35.9. The first-order valence-corrected chi connectivity index (χ1v) is 46.8. The Morgan fingerprint density at radius 1 is 0.545 bits per heavy atom. The van der Waals surface area contributed by atoms with E-state index in [-0.39, 0.29) is 255 Å². The molecule has 3 radical (unpaired) electrons. The summed E-state index contributed by atoms with van der Waals surface area (Å²) < 4.78 is 172. The number of ether oxygens (including phenoxy) is 4. The van der Waals surface area contributed by atoms with Crippen LogP contribution in [0.25, 0.3) is 39.9 Å². The van der Waals surface area contributed by atoms with Crippen LogP contribution in [0.2, 0.25) is 0 Å². The fourth-order valence-corrected chi connectivity index (χ4v) is 15.2. The van der Waals surface area contributed by atoms with Crippen molar-refractivity contribution in [1.29, 1.82) is 0 Å². The summed E-state index contributed by atoms with van der Waals surface area (Å²) in [6, 6.07) is 64.0. The minimum atomic E-state index is -4.36. The van der Waals surface area contributed by atoms with Crippen molar-refractivity contribution in [3.05, 3.63) is 327 Å². The van der Waals surface area contributed by atoms with Gasteiger partial charge < -0.3 is 59.6 Å². The molecule has 42 heteroatoms. The summed E-state index contributed by atoms with van der Waals surface area (Å²) >= 11 is 0. The number of aldehydes is 1. The number of aryl methyl sites for hydroxylation is 2. The van der Waals surface area contributed by atoms with Gasteiger partial charge in [-0.2, -0.15) is 0 Å². The molecule has 29 nitrogen and oxygen atoms in total. The third-order valence-electron chi connectivity index (χ3n) is 19.2. The number of fused-ring (bicyclic) bond motifs is 2. The molecule has 0 saturated heterocycles. The van der Waals surface area contributed by atoms with E-state index in [1.54, 1.807) is 72.7 Å². The van der Waals surface area contributed by atoms with Gasteiger partial charge in [-0.1, -0.05) is 163 Å². The molecule has 4 N–H and O–H groups in total. The summed E-state index contributed by atoms with van der Waals surface area (Å²) in [6.07, 6.45) is 8.43. The van der Waals surface area contributed by atoms with Gasteiger partial charge in [0, 0.05) is 86.0 Å². The first-order valence-electron chi connectivity index (χ1n) is 39.4. The Bertz CT molecular complexity index is 6550. The molecule has 0 spiro atoms. The third-order valence-corrected chi connectivity index (χ3v) is 23.1. The standard InChI is InChI=1S/C30H26FN3O5S.C29H26FN3O6S.C23H26N3O3P.C10H11FO5S.B.5Na.H2O.H/c1-20-8-11-23(12-9-20)27-19-34-29(25(32-27)17-21-6-3-2-4-7-21)33-26(30(34)35)18-22-10-13-28(24(31)16-22)39-14-5-15-40(36,37)38;30-23-15-20(7-12-27(23)39-13-4-14-40(36,37)38)17-25-29(35)33-18-26(21-8-10-22(34)11-9-21)31-24(28(33)32-25)16-19-5-2-1-3-6-19;1-16-10-12-18(13-11-16)20-15-24-21(26-22(23(27)29-2)30(3,4)28)19(25-20)14-17-8-6-5-7-9-17;11-9-6-8(7-12)2-3-10(9)16-4-1-5-17(13,14)15;;;;;;;;/h2-4,6-13,16,18-19H,5,14-15,17H2,1H3,(H,36,37,38);1-3,5-12,15,18,34-35H,4,13-14,16-17H2,(H,36,37,38);5-13,15,22H,14H2,1-4H3,(H,24,26);2-3,6-7H,1,4-5H2,(H,13,14,15);;;;;;;1H2;/q;;;;;5*+1;;-1/p-4/b26-18-;;;;;;;;;;;. The second-order valence-corrected chi connectivity index (χ2v) is 37.5. The maximum atomic E-state index is 14.7. The number of aliphatic imine (C=N–C) groups is 2. The molecule has 2 aliphatic heterocycles. The van der Waals surface area contributed by atoms with E-state index in [1.807, 2.05) is 153 Å². The number of hydrogen-bond donors (Lipinski definition) is 3. The van der Waals surface area contributed by atoms with Crippen LogP contribution in [0.4, 0.5) is 19.0 Å². The van der Waals surface area contributed by atoms with Crippen LogP contribution in [0.15, 0.2) is 253 Å². The molecule has 1 amide bonds. The van der Waals surface area contributed by atoms with Crippen LogP contribution in [-0.2, 0) is 74.9 Å². The van der Waals surface area contributed by atoms with Crippen molar-refractivity contribution in [2.45, 2.75) is 64.6 Å². The monoisotopic (exact) mass is 1950 g/mol. The van der Waals surface area contributed by atoms with Gasteiger partial charge in [0.15, 0.2) is 52.0 Å². The summed E-state index contributed by atoms with van der Waals surface area (Å²) in [4.78, 5) is 65.8. The van der Waals surface area contributed by atoms with E-state index in [9.17, 15) is 81.2 Å². The molecule has 0 fully saturated rings. The van der Waals surface area contributed by atoms with Crippen molar-refractivity contribution in [3.8, 4) is 51.4 Å². The number of aromatic hydroxyl groups is 2. The molecule has 1 atom stereocenters. The van der Waals surface area contributed by atoms with E-state index in [4.69, 9.17) is 33.9 Å². The number of carbonyl (C=O) groups excluding carboxylic acids is 3. The van der Waals surface area contributed by atoms with Crippen LogP contribution in [-0.4, -0.2) is 185 Å². The van der Waals surface area contributed by atoms with E-state index in [2.05, 4.69) is 20.3 Å². The Morgan fingerprint density at radius 3 is 1.45 bits per heavy atom. The fourth-order valence-electron chi connectivity index (χ4n) is 12.8. The van der Waals surface area contributed by atoms with Crippen LogP contribution < -0.4 is 167 Å². The number of imidazole rings is 1. The fraction of sp³-hybridized carbons (Fsp3) is 0.207. The summed E-state index contributed by atoms with van der Waals surface area (Å²) in [5, 5.41) is 23.9. The van der Waals surface area contributed by atoms with Gasteiger partial charge in [0.25, 0.3) is 5.91 Å². The number of aromatic nitrogens is 5. The van der Waals surface area contributed by atoms with E-state index in [0.29, 0.717) is 88.2 Å². The van der Waals surface area contributed by atoms with E-state index in [1.165, 1.54) is 54.5 Å². The first kappa shape index (κ1) is 118. The molecule has 134 heavy (non-hydrogen) atoms. The van der Waals surface area contributed by atoms with Gasteiger partial charge in [0.1, 0.15) is 36.4 Å². The van der Waals surface area contributed by atoms with Crippen molar-refractivity contribution in [2.24, 2.45) is 9.98 Å². The molecule has 0 saturated carbocycles. The molecule has 12 aromatic rings. The van der Waals surface area contributed by atoms with Gasteiger partial charge >= 0.3 is 154 Å². The number of hydrogen-bond acceptors (Lipinski definition) is 27. The van der Waals surface area contributed by atoms with Gasteiger partial charge in [0.05, 0.1) is 97.7 Å². The van der Waals surface area contributed by atoms with Crippen molar-refractivity contribution < 1.29 is 255 Å². The largest absolute Gasteiger partial charge is 1.00 e. The first-order chi connectivity index (χ1) is 60.5. The number of methoxy groups -OCH3 is 1. The second kappa shape index (κ2) is 55.3. The zero-order chi connectivity index (χ0) is 91.2. The predicted molar refractivity (Wildman–Crippen MR) is 481 cm³/mol. The minimum absolute atomic E-state index is 0. The Kier molecular flexibility index (Phi) is 48.7. The van der Waals surface area contributed by atoms with E-state index >= 15 is 0 Å². The number of carbonyl (C=O) groups is 3. The van der Waals surface area contributed by atoms with E-state index < -0.39 is 84.0 Å². The average molecular weight is 1950 g/mol. The number of halogens is 3. The molecule has 2 aliphatic rings. The SMILES string of the molecule is COC(=O)C(Nc1ncc(-c2ccc(C)cc2)nc1Cc1ccccc1)P(C)(C)=O.Cc1ccc(C2=CN3C(=O)/C(=C/c4ccc(OCCCS(=O)(=O)[O-])c(F)c4)N=C3C(Cc3ccccc3)=N2)cc1.O=Cc1ccc(OCCCS(=O)(=O)[O-])c(F)c1.O=S(=O)([O-])CCCOc1ccc(Cc2nc3c(Cc4ccccc4)nc(-c4ccc(O)cc4)cn3c2O)cc1F.[B].[H-].[Na+].[Na+].[Na+].[Na+].[Na+].[OH-]. The minimum Gasteiger partial charge on any atom is -1.00 e. The topological polar surface area (TPSA) is 443 Å². The number of amidine groups is 1. The quantitative estimate of drug-likeness (QED) is 0.00890. The van der Waals surface area contributed by atoms with E-state index in [0.717, 1.165) is 56.3 Å². The van der Waals surface area contributed by atoms with Crippen molar-refractivity contribution >= 4 is 98.9 Å². The van der Waals surface area contributed by atoms with Crippen molar-refractivity contribution in [2.75, 3.05) is 62.8 Å². The molecule has 0 aliphatic carbocycles. The molecular weight excluding hydrogens is 1860 g/mol. The number of phenolic OH excluding ortho intramolecular Hbond substituents is 1. The Balaban J connectivity index is 0.000000471. The number of phenols is 1. The molecule has 673 valence electrons. The normalized spacial score (nSPS) is 12.4. The molecule has 1 unspecified atom stereocenters. The predicted octanol–water partition coefficient (Wildman–Crippen LogP) is -0.728. The maximum Gasteiger partial charge on any atom is 1.00 e. The summed E-state index contributed by atoms with van der Waals surface area (Å²) in [5.74, 6) is -5.10. The van der Waals surface area contributed by atoms with Crippen LogP contribution in [0.5, 0.6) is 28.9 Å². The summed E-state index contributed by atoms with van der Waals surface area (Å²) in [6.45, 7) is 6.80. The Hall–Kier alpha value is -8.32. The molecule has 5 heterocycles. The van der Waals surface area contributed by atoms with Gasteiger partial charge in [-0.05, 0) is 147 Å². The van der Waals surface area contributed by atoms with Crippen molar-refractivity contribution in [1.82, 2.24) is 29.2 Å². The molecular formula is C92H88BF3N9Na5O20PS3. The number of benzene rings is 9. The van der Waals surface area contributed by atoms with Crippen LogP contribution >= 0.6 is 7.14 Å². The molecule has 3 aromatic heterocycles. The zero-order valence-corrected chi connectivity index (χ0v) is 88.5. The number of rotatable bonds is 32. The Labute approximate surface area is 888 Å². The van der Waals surface area contributed by atoms with Crippen LogP contribution in [0.3, 0.4) is 0 Å². The summed E-state index contributed by atoms with van der Waals surface area (Å²) in [5.41, 5.74) is 13.8. The average Bonchev–Trinajstić information content (AvgIpc) is 1.63. The summed E-state index contributed by atoms with van der Waals surface area (Å²) in [7, 11) is -14.5. The van der Waals surface area contributed by atoms with Gasteiger partial charge in [-0.15, -0.1) is 0 Å². The maximum absolute atomic E-state index is 14.7. The van der Waals surface area contributed by atoms with Crippen LogP contribution in [0.1, 0.15) is 92.6 Å². The van der Waals surface area contributed by atoms with Gasteiger partial charge in [0.2, 0.25) is 5.88 Å². The second-order valence-electron chi connectivity index (χ2n) is 29.5. The van der Waals surface area contributed by atoms with Crippen molar-refractivity contribution in [3.63, 3.8) is 0 Å². The molecule has 9 aromatic carbocycles. The Morgan fingerprint density at radius 2 is 0.978 bits per heavy atom.